The zero-order valence-corrected chi connectivity index (χ0v) is 29.5. The van der Waals surface area contributed by atoms with Gasteiger partial charge in [-0.15, -0.1) is 0 Å². The van der Waals surface area contributed by atoms with Gasteiger partial charge in [-0.1, -0.05) is 96.5 Å². The fourth-order valence-corrected chi connectivity index (χ4v) is 5.43. The van der Waals surface area contributed by atoms with Crippen molar-refractivity contribution in [1.29, 1.82) is 0 Å². The Balaban J connectivity index is 0.00000722. The molecule has 0 saturated carbocycles. The summed E-state index contributed by atoms with van der Waals surface area (Å²) in [6, 6.07) is 9.09. The average molecular weight is 599 g/mol. The van der Waals surface area contributed by atoms with Crippen LogP contribution in [0.3, 0.4) is 0 Å². The van der Waals surface area contributed by atoms with E-state index < -0.39 is 30.0 Å². The van der Waals surface area contributed by atoms with Gasteiger partial charge < -0.3 is 13.8 Å². The SMILES string of the molecule is CCCCCCCCCCCCCCCCc1ccc(Oc2ccc(S(=O)(=O)[O-])cc2)c(S(=O)(=O)[O-])c1.[Na+].[Na+]. The molecule has 2 aromatic rings. The van der Waals surface area contributed by atoms with E-state index in [1.165, 1.54) is 94.9 Å². The van der Waals surface area contributed by atoms with Crippen LogP contribution in [0, 0.1) is 0 Å². The first kappa shape index (κ1) is 39.1. The largest absolute Gasteiger partial charge is 1.00 e. The molecule has 0 radical (unpaired) electrons. The molecule has 0 unspecified atom stereocenters. The van der Waals surface area contributed by atoms with Crippen LogP contribution in [-0.2, 0) is 26.7 Å². The van der Waals surface area contributed by atoms with Crippen molar-refractivity contribution in [3.63, 3.8) is 0 Å². The Kier molecular flexibility index (Phi) is 20.9. The summed E-state index contributed by atoms with van der Waals surface area (Å²) in [5, 5.41) is 0. The molecular weight excluding hydrogens is 558 g/mol. The van der Waals surface area contributed by atoms with E-state index in [2.05, 4.69) is 6.92 Å². The van der Waals surface area contributed by atoms with Gasteiger partial charge in [0, 0.05) is 0 Å². The normalized spacial score (nSPS) is 11.5. The van der Waals surface area contributed by atoms with Crippen molar-refractivity contribution in [2.45, 2.75) is 113 Å². The third kappa shape index (κ3) is 16.3. The summed E-state index contributed by atoms with van der Waals surface area (Å²) in [4.78, 5) is -0.893. The predicted molar refractivity (Wildman–Crippen MR) is 143 cm³/mol. The molecule has 0 spiro atoms. The van der Waals surface area contributed by atoms with Gasteiger partial charge in [0.05, 0.1) is 9.79 Å². The van der Waals surface area contributed by atoms with Gasteiger partial charge in [0.25, 0.3) is 0 Å². The number of unbranched alkanes of at least 4 members (excludes halogenated alkanes) is 13. The van der Waals surface area contributed by atoms with Crippen molar-refractivity contribution in [2.75, 3.05) is 0 Å². The third-order valence-corrected chi connectivity index (χ3v) is 8.14. The van der Waals surface area contributed by atoms with E-state index in [-0.39, 0.29) is 70.6 Å². The molecular formula is C28H40Na2O7S2. The number of hydrogen-bond acceptors (Lipinski definition) is 7. The van der Waals surface area contributed by atoms with Crippen molar-refractivity contribution in [3.05, 3.63) is 48.0 Å². The smallest absolute Gasteiger partial charge is 0.744 e. The fourth-order valence-electron chi connectivity index (χ4n) is 4.31. The summed E-state index contributed by atoms with van der Waals surface area (Å²) in [5.41, 5.74) is 0.744. The second kappa shape index (κ2) is 20.9. The Bertz CT molecular complexity index is 1150. The first-order valence-corrected chi connectivity index (χ1v) is 16.3. The molecule has 39 heavy (non-hydrogen) atoms. The molecule has 0 fully saturated rings. The second-order valence-corrected chi connectivity index (χ2v) is 12.3. The number of aryl methyl sites for hydroxylation is 1. The van der Waals surface area contributed by atoms with Gasteiger partial charge in [-0.25, -0.2) is 16.8 Å². The van der Waals surface area contributed by atoms with Gasteiger partial charge in [0.1, 0.15) is 31.7 Å². The van der Waals surface area contributed by atoms with Crippen LogP contribution in [0.15, 0.2) is 52.3 Å². The summed E-state index contributed by atoms with van der Waals surface area (Å²) in [6.07, 6.45) is 18.3. The molecule has 11 heteroatoms. The molecule has 0 N–H and O–H groups in total. The van der Waals surface area contributed by atoms with E-state index in [0.717, 1.165) is 37.0 Å². The maximum absolute atomic E-state index is 11.8. The zero-order chi connectivity index (χ0) is 27.2. The van der Waals surface area contributed by atoms with Crippen LogP contribution in [0.4, 0.5) is 0 Å². The Morgan fingerprint density at radius 3 is 1.51 bits per heavy atom. The maximum Gasteiger partial charge on any atom is 1.00 e. The van der Waals surface area contributed by atoms with Crippen LogP contribution < -0.4 is 63.9 Å². The minimum absolute atomic E-state index is 0. The first-order valence-electron chi connectivity index (χ1n) is 13.4. The van der Waals surface area contributed by atoms with Crippen LogP contribution in [0.2, 0.25) is 0 Å². The van der Waals surface area contributed by atoms with Crippen molar-refractivity contribution in [2.24, 2.45) is 0 Å². The molecule has 208 valence electrons. The van der Waals surface area contributed by atoms with Gasteiger partial charge in [0.2, 0.25) is 0 Å². The van der Waals surface area contributed by atoms with Gasteiger partial charge in [0.15, 0.2) is 0 Å². The van der Waals surface area contributed by atoms with Gasteiger partial charge >= 0.3 is 59.1 Å². The second-order valence-electron chi connectivity index (χ2n) is 9.61. The Labute approximate surface area is 280 Å². The minimum atomic E-state index is -4.79. The topological polar surface area (TPSA) is 124 Å². The molecule has 0 amide bonds. The molecule has 0 aliphatic carbocycles. The number of hydrogen-bond donors (Lipinski definition) is 0. The van der Waals surface area contributed by atoms with Gasteiger partial charge in [-0.2, -0.15) is 0 Å². The first-order chi connectivity index (χ1) is 17.6. The van der Waals surface area contributed by atoms with Crippen LogP contribution in [0.1, 0.15) is 102 Å². The molecule has 0 aromatic heterocycles. The molecule has 0 aliphatic heterocycles. The maximum atomic E-state index is 11.8. The van der Waals surface area contributed by atoms with Crippen molar-refractivity contribution in [3.8, 4) is 11.5 Å². The van der Waals surface area contributed by atoms with Crippen LogP contribution >= 0.6 is 0 Å². The molecule has 7 nitrogen and oxygen atoms in total. The van der Waals surface area contributed by atoms with Crippen LogP contribution in [0.5, 0.6) is 11.5 Å². The predicted octanol–water partition coefficient (Wildman–Crippen LogP) is 1.32. The molecule has 0 heterocycles. The summed E-state index contributed by atoms with van der Waals surface area (Å²) >= 11 is 0. The van der Waals surface area contributed by atoms with Gasteiger partial charge in [-0.3, -0.25) is 0 Å². The minimum Gasteiger partial charge on any atom is -0.744 e. The van der Waals surface area contributed by atoms with Crippen molar-refractivity contribution >= 4 is 20.2 Å². The Hall–Kier alpha value is 0.0600. The Morgan fingerprint density at radius 1 is 0.615 bits per heavy atom. The Morgan fingerprint density at radius 2 is 1.08 bits per heavy atom. The van der Waals surface area contributed by atoms with E-state index in [4.69, 9.17) is 4.74 Å². The van der Waals surface area contributed by atoms with E-state index in [9.17, 15) is 25.9 Å². The molecule has 2 aromatic carbocycles. The van der Waals surface area contributed by atoms with E-state index in [1.807, 2.05) is 0 Å². The fraction of sp³-hybridized carbons (Fsp3) is 0.571. The molecule has 0 bridgehead atoms. The van der Waals surface area contributed by atoms with E-state index >= 15 is 0 Å². The van der Waals surface area contributed by atoms with E-state index in [0.29, 0.717) is 6.42 Å². The molecule has 0 atom stereocenters. The summed E-state index contributed by atoms with van der Waals surface area (Å²) < 4.78 is 74.1. The molecule has 2 rings (SSSR count). The van der Waals surface area contributed by atoms with Crippen molar-refractivity contribution < 1.29 is 89.8 Å². The van der Waals surface area contributed by atoms with Gasteiger partial charge in [-0.05, 0) is 54.8 Å². The average Bonchev–Trinajstić information content (AvgIpc) is 2.84. The number of benzene rings is 2. The number of ether oxygens (including phenoxy) is 1. The van der Waals surface area contributed by atoms with Crippen LogP contribution in [0.25, 0.3) is 0 Å². The summed E-state index contributed by atoms with van der Waals surface area (Å²) in [6.45, 7) is 2.24. The van der Waals surface area contributed by atoms with Crippen LogP contribution in [-0.4, -0.2) is 25.9 Å². The standard InChI is InChI=1S/C28H42O7S2.2Na/c1-2-3-4-5-6-7-8-9-10-11-12-13-14-15-16-24-17-22-27(28(23-24)37(32,33)34)35-25-18-20-26(21-19-25)36(29,30)31;;/h17-23H,2-16H2,1H3,(H,29,30,31)(H,32,33,34);;/q;2*+1/p-2. The summed E-state index contributed by atoms with van der Waals surface area (Å²) in [5.74, 6) is -0.0329. The quantitative estimate of drug-likeness (QED) is 0.136. The third-order valence-electron chi connectivity index (χ3n) is 6.44. The summed E-state index contributed by atoms with van der Waals surface area (Å²) in [7, 11) is -9.39. The molecule has 0 aliphatic rings. The molecule has 0 saturated heterocycles. The van der Waals surface area contributed by atoms with E-state index in [1.54, 1.807) is 6.07 Å². The monoisotopic (exact) mass is 598 g/mol. The zero-order valence-electron chi connectivity index (χ0n) is 23.8. The number of rotatable bonds is 19. The van der Waals surface area contributed by atoms with Crippen molar-refractivity contribution in [1.82, 2.24) is 0 Å².